The Morgan fingerprint density at radius 3 is 2.94 bits per heavy atom. The first-order valence-corrected chi connectivity index (χ1v) is 5.76. The second-order valence-corrected chi connectivity index (χ2v) is 4.25. The molecule has 4 nitrogen and oxygen atoms in total. The Labute approximate surface area is 102 Å². The highest BCUT2D eigenvalue weighted by Crippen LogP contribution is 2.20. The van der Waals surface area contributed by atoms with E-state index in [0.717, 1.165) is 11.5 Å². The van der Waals surface area contributed by atoms with E-state index < -0.39 is 0 Å². The molecule has 0 radical (unpaired) electrons. The Hall–Kier alpha value is -1.82. The maximum atomic E-state index is 13.3. The van der Waals surface area contributed by atoms with Crippen molar-refractivity contribution in [2.75, 3.05) is 5.32 Å². The van der Waals surface area contributed by atoms with Crippen molar-refractivity contribution in [2.24, 2.45) is 0 Å². The molecule has 1 aromatic heterocycles. The largest absolute Gasteiger partial charge is 0.328 e. The second-order valence-electron chi connectivity index (χ2n) is 3.50. The Bertz CT molecular complexity index is 541. The fourth-order valence-electron chi connectivity index (χ4n) is 1.28. The molecule has 0 atom stereocenters. The van der Waals surface area contributed by atoms with Crippen LogP contribution >= 0.6 is 11.5 Å². The molecule has 0 aliphatic rings. The summed E-state index contributed by atoms with van der Waals surface area (Å²) in [6, 6.07) is 6.31. The van der Waals surface area contributed by atoms with Gasteiger partial charge in [0, 0.05) is 11.5 Å². The Balaban J connectivity index is 2.12. The predicted molar refractivity (Wildman–Crippen MR) is 64.0 cm³/mol. The van der Waals surface area contributed by atoms with Crippen LogP contribution in [0.3, 0.4) is 0 Å². The standard InChI is InChI=1S/C11H10FN3OS/c1-7(16)6-10-14-11(17-15-10)13-9-5-3-2-4-8(9)12/h2-5H,6H2,1H3,(H,13,14,15). The molecule has 2 aromatic rings. The molecule has 0 spiro atoms. The van der Waals surface area contributed by atoms with Crippen LogP contribution in [0.5, 0.6) is 0 Å². The average molecular weight is 251 g/mol. The third kappa shape index (κ3) is 3.07. The van der Waals surface area contributed by atoms with Crippen LogP contribution in [-0.4, -0.2) is 15.1 Å². The summed E-state index contributed by atoms with van der Waals surface area (Å²) in [7, 11) is 0. The van der Waals surface area contributed by atoms with Crippen LogP contribution < -0.4 is 5.32 Å². The highest BCUT2D eigenvalue weighted by molar-refractivity contribution is 7.09. The van der Waals surface area contributed by atoms with Crippen LogP contribution in [0.2, 0.25) is 0 Å². The van der Waals surface area contributed by atoms with Crippen LogP contribution in [0.25, 0.3) is 0 Å². The summed E-state index contributed by atoms with van der Waals surface area (Å²) < 4.78 is 17.3. The van der Waals surface area contributed by atoms with E-state index in [9.17, 15) is 9.18 Å². The summed E-state index contributed by atoms with van der Waals surface area (Å²) in [5.74, 6) is 0.109. The zero-order valence-electron chi connectivity index (χ0n) is 9.11. The number of hydrogen-bond acceptors (Lipinski definition) is 5. The number of anilines is 2. The average Bonchev–Trinajstić information content (AvgIpc) is 2.68. The number of aromatic nitrogens is 2. The monoisotopic (exact) mass is 251 g/mol. The Morgan fingerprint density at radius 1 is 1.47 bits per heavy atom. The number of benzene rings is 1. The topological polar surface area (TPSA) is 54.9 Å². The third-order valence-corrected chi connectivity index (χ3v) is 2.66. The Morgan fingerprint density at radius 2 is 2.24 bits per heavy atom. The van der Waals surface area contributed by atoms with Gasteiger partial charge in [0.2, 0.25) is 5.13 Å². The lowest BCUT2D eigenvalue weighted by Crippen LogP contribution is -1.98. The van der Waals surface area contributed by atoms with Gasteiger partial charge in [0.15, 0.2) is 5.82 Å². The van der Waals surface area contributed by atoms with E-state index in [0.29, 0.717) is 16.6 Å². The van der Waals surface area contributed by atoms with Gasteiger partial charge in [-0.25, -0.2) is 9.37 Å². The molecule has 1 N–H and O–H groups in total. The zero-order chi connectivity index (χ0) is 12.3. The van der Waals surface area contributed by atoms with E-state index in [1.807, 2.05) is 0 Å². The molecule has 0 aliphatic carbocycles. The number of para-hydroxylation sites is 1. The number of carbonyl (C=O) groups excluding carboxylic acids is 1. The summed E-state index contributed by atoms with van der Waals surface area (Å²) in [5, 5.41) is 3.30. The van der Waals surface area contributed by atoms with Crippen LogP contribution in [0, 0.1) is 5.82 Å². The van der Waals surface area contributed by atoms with E-state index in [1.54, 1.807) is 18.2 Å². The summed E-state index contributed by atoms with van der Waals surface area (Å²) in [5.41, 5.74) is 0.345. The minimum atomic E-state index is -0.351. The SMILES string of the molecule is CC(=O)Cc1nsc(Nc2ccccc2F)n1. The van der Waals surface area contributed by atoms with Crippen molar-refractivity contribution in [2.45, 2.75) is 13.3 Å². The molecular formula is C11H10FN3OS. The summed E-state index contributed by atoms with van der Waals surface area (Å²) in [6.45, 7) is 1.48. The number of rotatable bonds is 4. The first-order valence-electron chi connectivity index (χ1n) is 4.99. The molecule has 1 heterocycles. The lowest BCUT2D eigenvalue weighted by atomic mass is 10.3. The summed E-state index contributed by atoms with van der Waals surface area (Å²) >= 11 is 1.10. The van der Waals surface area contributed by atoms with E-state index in [2.05, 4.69) is 14.7 Å². The van der Waals surface area contributed by atoms with Crippen molar-refractivity contribution >= 4 is 28.1 Å². The van der Waals surface area contributed by atoms with Gasteiger partial charge in [0.25, 0.3) is 0 Å². The maximum Gasteiger partial charge on any atom is 0.207 e. The number of carbonyl (C=O) groups is 1. The van der Waals surface area contributed by atoms with E-state index in [1.165, 1.54) is 13.0 Å². The number of hydrogen-bond donors (Lipinski definition) is 1. The molecule has 0 bridgehead atoms. The van der Waals surface area contributed by atoms with Crippen LogP contribution in [0.15, 0.2) is 24.3 Å². The number of nitrogens with one attached hydrogen (secondary N) is 1. The van der Waals surface area contributed by atoms with Crippen molar-refractivity contribution in [1.29, 1.82) is 0 Å². The van der Waals surface area contributed by atoms with Crippen molar-refractivity contribution in [3.8, 4) is 0 Å². The van der Waals surface area contributed by atoms with E-state index in [4.69, 9.17) is 0 Å². The van der Waals surface area contributed by atoms with Gasteiger partial charge in [0.1, 0.15) is 11.6 Å². The Kier molecular flexibility index (Phi) is 3.43. The molecule has 0 unspecified atom stereocenters. The normalized spacial score (nSPS) is 10.2. The molecular weight excluding hydrogens is 241 g/mol. The lowest BCUT2D eigenvalue weighted by Gasteiger charge is -2.01. The third-order valence-electron chi connectivity index (χ3n) is 1.99. The highest BCUT2D eigenvalue weighted by Gasteiger charge is 2.08. The minimum absolute atomic E-state index is 0.000224. The number of halogens is 1. The first kappa shape index (κ1) is 11.7. The quantitative estimate of drug-likeness (QED) is 0.907. The van der Waals surface area contributed by atoms with Crippen molar-refractivity contribution in [1.82, 2.24) is 9.36 Å². The van der Waals surface area contributed by atoms with Crippen LogP contribution in [0.1, 0.15) is 12.7 Å². The van der Waals surface area contributed by atoms with Gasteiger partial charge in [-0.1, -0.05) is 12.1 Å². The smallest absolute Gasteiger partial charge is 0.207 e. The molecule has 0 saturated carbocycles. The minimum Gasteiger partial charge on any atom is -0.328 e. The lowest BCUT2D eigenvalue weighted by molar-refractivity contribution is -0.116. The predicted octanol–water partition coefficient (Wildman–Crippen LogP) is 2.55. The van der Waals surface area contributed by atoms with Crippen LogP contribution in [0.4, 0.5) is 15.2 Å². The molecule has 0 fully saturated rings. The molecule has 0 saturated heterocycles. The summed E-state index contributed by atoms with van der Waals surface area (Å²) in [4.78, 5) is 15.0. The maximum absolute atomic E-state index is 13.3. The van der Waals surface area contributed by atoms with Gasteiger partial charge in [-0.15, -0.1) is 0 Å². The molecule has 1 aromatic carbocycles. The number of nitrogens with zero attached hydrogens (tertiary/aromatic N) is 2. The molecule has 0 aliphatic heterocycles. The highest BCUT2D eigenvalue weighted by atomic mass is 32.1. The van der Waals surface area contributed by atoms with Crippen molar-refractivity contribution < 1.29 is 9.18 Å². The van der Waals surface area contributed by atoms with Gasteiger partial charge in [-0.3, -0.25) is 4.79 Å². The van der Waals surface area contributed by atoms with Crippen molar-refractivity contribution in [3.05, 3.63) is 35.9 Å². The van der Waals surface area contributed by atoms with E-state index in [-0.39, 0.29) is 18.0 Å². The zero-order valence-corrected chi connectivity index (χ0v) is 9.92. The fraction of sp³-hybridized carbons (Fsp3) is 0.182. The van der Waals surface area contributed by atoms with E-state index >= 15 is 0 Å². The van der Waals surface area contributed by atoms with Gasteiger partial charge in [0.05, 0.1) is 12.1 Å². The molecule has 17 heavy (non-hydrogen) atoms. The molecule has 0 amide bonds. The van der Waals surface area contributed by atoms with Gasteiger partial charge >= 0.3 is 0 Å². The van der Waals surface area contributed by atoms with Crippen molar-refractivity contribution in [3.63, 3.8) is 0 Å². The van der Waals surface area contributed by atoms with Gasteiger partial charge in [-0.05, 0) is 19.1 Å². The first-order chi connectivity index (χ1) is 8.15. The molecule has 6 heteroatoms. The number of ketones is 1. The molecule has 88 valence electrons. The molecule has 2 rings (SSSR count). The van der Waals surface area contributed by atoms with Gasteiger partial charge < -0.3 is 5.32 Å². The fourth-order valence-corrected chi connectivity index (χ4v) is 1.88. The second kappa shape index (κ2) is 5.01. The number of Topliss-reactive ketones (excluding diaryl/α,β-unsaturated/α-hetero) is 1. The van der Waals surface area contributed by atoms with Gasteiger partial charge in [-0.2, -0.15) is 4.37 Å². The summed E-state index contributed by atoms with van der Waals surface area (Å²) in [6.07, 6.45) is 0.204. The van der Waals surface area contributed by atoms with Crippen LogP contribution in [-0.2, 0) is 11.2 Å².